The third-order valence-corrected chi connectivity index (χ3v) is 2.28. The Labute approximate surface area is 69.4 Å². The Kier molecular flexibility index (Phi) is 2.67. The summed E-state index contributed by atoms with van der Waals surface area (Å²) < 4.78 is 0. The predicted octanol–water partition coefficient (Wildman–Crippen LogP) is -3.90. The molecule has 0 aromatic carbocycles. The fourth-order valence-electron chi connectivity index (χ4n) is 1.32. The van der Waals surface area contributed by atoms with Crippen molar-refractivity contribution in [1.29, 1.82) is 0 Å². The van der Waals surface area contributed by atoms with Crippen molar-refractivity contribution in [3.05, 3.63) is 0 Å². The van der Waals surface area contributed by atoms with E-state index in [1.165, 1.54) is 0 Å². The Morgan fingerprint density at radius 1 is 0.583 bits per heavy atom. The Balaban J connectivity index is 2.76. The van der Waals surface area contributed by atoms with Crippen LogP contribution in [-0.2, 0) is 0 Å². The van der Waals surface area contributed by atoms with E-state index in [9.17, 15) is 5.11 Å². The van der Waals surface area contributed by atoms with E-state index < -0.39 is 36.5 Å². The second-order valence-corrected chi connectivity index (χ2v) is 3.12. The van der Waals surface area contributed by atoms with Crippen molar-refractivity contribution in [3.8, 4) is 0 Å². The summed E-state index contributed by atoms with van der Waals surface area (Å²) in [7, 11) is 0. The summed E-state index contributed by atoms with van der Waals surface area (Å²) in [4.78, 5) is 0. The minimum Gasteiger partial charge on any atom is -0.390 e. The Morgan fingerprint density at radius 2 is 0.917 bits per heavy atom. The van der Waals surface area contributed by atoms with E-state index in [4.69, 9.17) is 26.8 Å². The van der Waals surface area contributed by atoms with Crippen LogP contribution < -0.4 is 11.5 Å². The quantitative estimate of drug-likeness (QED) is 0.224. The van der Waals surface area contributed by atoms with Gasteiger partial charge >= 0.3 is 0 Å². The number of nitrogens with two attached hydrogens (primary N) is 2. The molecule has 6 atom stereocenters. The molecule has 6 nitrogen and oxygen atoms in total. The van der Waals surface area contributed by atoms with Crippen molar-refractivity contribution >= 4 is 0 Å². The van der Waals surface area contributed by atoms with E-state index in [-0.39, 0.29) is 0 Å². The highest BCUT2D eigenvalue weighted by atomic mass is 16.4. The minimum atomic E-state index is -1.39. The molecule has 12 heavy (non-hydrogen) atoms. The SMILES string of the molecule is N[C@@H]1C(O)[C@@H](N)[C@@H](O)C(O)[C@H]1O. The lowest BCUT2D eigenvalue weighted by Gasteiger charge is -2.40. The topological polar surface area (TPSA) is 133 Å². The zero-order chi connectivity index (χ0) is 9.46. The third-order valence-electron chi connectivity index (χ3n) is 2.28. The monoisotopic (exact) mass is 178 g/mol. The summed E-state index contributed by atoms with van der Waals surface area (Å²) in [5.41, 5.74) is 10.6. The van der Waals surface area contributed by atoms with Crippen LogP contribution in [0.1, 0.15) is 0 Å². The van der Waals surface area contributed by atoms with Crippen molar-refractivity contribution < 1.29 is 20.4 Å². The van der Waals surface area contributed by atoms with Crippen molar-refractivity contribution in [2.75, 3.05) is 0 Å². The molecule has 6 heteroatoms. The largest absolute Gasteiger partial charge is 0.390 e. The van der Waals surface area contributed by atoms with Gasteiger partial charge in [-0.1, -0.05) is 0 Å². The number of aliphatic hydroxyl groups excluding tert-OH is 4. The van der Waals surface area contributed by atoms with Crippen LogP contribution >= 0.6 is 0 Å². The molecule has 0 aromatic rings. The first kappa shape index (κ1) is 9.85. The van der Waals surface area contributed by atoms with E-state index in [1.54, 1.807) is 0 Å². The summed E-state index contributed by atoms with van der Waals surface area (Å²) in [5, 5.41) is 36.7. The van der Waals surface area contributed by atoms with E-state index in [1.807, 2.05) is 0 Å². The summed E-state index contributed by atoms with van der Waals surface area (Å²) >= 11 is 0. The van der Waals surface area contributed by atoms with E-state index in [2.05, 4.69) is 0 Å². The third kappa shape index (κ3) is 1.33. The van der Waals surface area contributed by atoms with Gasteiger partial charge in [0, 0.05) is 0 Å². The van der Waals surface area contributed by atoms with Gasteiger partial charge in [0.25, 0.3) is 0 Å². The average molecular weight is 178 g/mol. The van der Waals surface area contributed by atoms with Crippen molar-refractivity contribution in [3.63, 3.8) is 0 Å². The fraction of sp³-hybridized carbons (Fsp3) is 1.00. The van der Waals surface area contributed by atoms with Gasteiger partial charge < -0.3 is 31.9 Å². The second kappa shape index (κ2) is 3.25. The second-order valence-electron chi connectivity index (χ2n) is 3.12. The van der Waals surface area contributed by atoms with E-state index >= 15 is 0 Å². The summed E-state index contributed by atoms with van der Waals surface area (Å²) in [5.74, 6) is 0. The summed E-state index contributed by atoms with van der Waals surface area (Å²) in [6.07, 6.45) is -5.26. The number of hydrogen-bond acceptors (Lipinski definition) is 6. The molecule has 0 heterocycles. The lowest BCUT2D eigenvalue weighted by atomic mass is 9.82. The summed E-state index contributed by atoms with van der Waals surface area (Å²) in [6, 6.07) is -2.03. The average Bonchev–Trinajstić information content (AvgIpc) is 2.08. The van der Waals surface area contributed by atoms with Gasteiger partial charge in [0.05, 0.1) is 18.2 Å². The molecule has 1 fully saturated rings. The van der Waals surface area contributed by atoms with Gasteiger partial charge in [0.1, 0.15) is 18.3 Å². The lowest BCUT2D eigenvalue weighted by Crippen LogP contribution is -2.69. The summed E-state index contributed by atoms with van der Waals surface area (Å²) in [6.45, 7) is 0. The Hall–Kier alpha value is -0.240. The van der Waals surface area contributed by atoms with Gasteiger partial charge in [-0.05, 0) is 0 Å². The molecule has 8 N–H and O–H groups in total. The molecule has 1 rings (SSSR count). The van der Waals surface area contributed by atoms with Crippen LogP contribution in [0.15, 0.2) is 0 Å². The molecular weight excluding hydrogens is 164 g/mol. The lowest BCUT2D eigenvalue weighted by molar-refractivity contribution is -0.137. The molecule has 2 unspecified atom stereocenters. The molecule has 1 aliphatic rings. The van der Waals surface area contributed by atoms with Gasteiger partial charge in [0.2, 0.25) is 0 Å². The van der Waals surface area contributed by atoms with Crippen LogP contribution in [0.2, 0.25) is 0 Å². The molecule has 0 saturated heterocycles. The maximum Gasteiger partial charge on any atom is 0.109 e. The highest BCUT2D eigenvalue weighted by molar-refractivity contribution is 5.02. The number of aliphatic hydroxyl groups is 4. The van der Waals surface area contributed by atoms with Crippen LogP contribution in [-0.4, -0.2) is 56.9 Å². The Morgan fingerprint density at radius 3 is 1.25 bits per heavy atom. The van der Waals surface area contributed by atoms with Crippen molar-refractivity contribution in [1.82, 2.24) is 0 Å². The Bertz CT molecular complexity index is 109. The maximum absolute atomic E-state index is 9.22. The molecule has 0 aromatic heterocycles. The van der Waals surface area contributed by atoms with Gasteiger partial charge in [-0.3, -0.25) is 0 Å². The molecule has 72 valence electrons. The van der Waals surface area contributed by atoms with Crippen LogP contribution in [0.25, 0.3) is 0 Å². The minimum absolute atomic E-state index is 1.02. The molecule has 0 amide bonds. The van der Waals surface area contributed by atoms with E-state index in [0.717, 1.165) is 0 Å². The standard InChI is InChI=1S/C6H14N2O4/c7-1-3(9)2(8)5(11)6(12)4(1)10/h1-6,9-12H,7-8H2/t1-,2-,3?,4-,5+,6?/m1/s1. The number of rotatable bonds is 0. The molecule has 0 aliphatic heterocycles. The fourth-order valence-corrected chi connectivity index (χ4v) is 1.32. The molecular formula is C6H14N2O4. The van der Waals surface area contributed by atoms with Gasteiger partial charge in [-0.25, -0.2) is 0 Å². The number of hydrogen-bond donors (Lipinski definition) is 6. The van der Waals surface area contributed by atoms with E-state index in [0.29, 0.717) is 0 Å². The maximum atomic E-state index is 9.22. The zero-order valence-electron chi connectivity index (χ0n) is 6.41. The van der Waals surface area contributed by atoms with Crippen molar-refractivity contribution in [2.24, 2.45) is 11.5 Å². The van der Waals surface area contributed by atoms with Crippen LogP contribution in [0.5, 0.6) is 0 Å². The predicted molar refractivity (Wildman–Crippen MR) is 40.0 cm³/mol. The smallest absolute Gasteiger partial charge is 0.109 e. The van der Waals surface area contributed by atoms with Gasteiger partial charge in [-0.2, -0.15) is 0 Å². The van der Waals surface area contributed by atoms with Gasteiger partial charge in [-0.15, -0.1) is 0 Å². The van der Waals surface area contributed by atoms with Crippen LogP contribution in [0.4, 0.5) is 0 Å². The normalized spacial score (nSPS) is 55.5. The molecule has 0 bridgehead atoms. The molecule has 0 radical (unpaired) electrons. The first-order chi connectivity index (χ1) is 5.46. The highest BCUT2D eigenvalue weighted by Crippen LogP contribution is 2.18. The first-order valence-electron chi connectivity index (χ1n) is 3.70. The first-order valence-corrected chi connectivity index (χ1v) is 3.70. The molecule has 1 saturated carbocycles. The molecule has 0 spiro atoms. The van der Waals surface area contributed by atoms with Crippen molar-refractivity contribution in [2.45, 2.75) is 36.5 Å². The van der Waals surface area contributed by atoms with Crippen LogP contribution in [0.3, 0.4) is 0 Å². The van der Waals surface area contributed by atoms with Crippen LogP contribution in [0, 0.1) is 0 Å². The molecule has 1 aliphatic carbocycles. The van der Waals surface area contributed by atoms with Gasteiger partial charge in [0.15, 0.2) is 0 Å². The highest BCUT2D eigenvalue weighted by Gasteiger charge is 2.45. The zero-order valence-corrected chi connectivity index (χ0v) is 6.41.